The standard InChI is InChI=1S/C16H20N4O4S/c1-11-8-15(20-19-11)18-16(21)12-4-2-6-14(9-12)25(22,23)17-10-13-5-3-7-24-13/h2,4,6,8-9,13,17H,3,5,7,10H2,1H3,(H2,18,19,20,21). The quantitative estimate of drug-likeness (QED) is 0.718. The Bertz CT molecular complexity index is 857. The van der Waals surface area contributed by atoms with Crippen molar-refractivity contribution in [2.75, 3.05) is 18.5 Å². The number of aryl methyl sites for hydroxylation is 1. The minimum atomic E-state index is -3.70. The smallest absolute Gasteiger partial charge is 0.256 e. The van der Waals surface area contributed by atoms with E-state index in [4.69, 9.17) is 4.74 Å². The van der Waals surface area contributed by atoms with Crippen LogP contribution in [0.4, 0.5) is 5.82 Å². The van der Waals surface area contributed by atoms with Crippen LogP contribution in [0.5, 0.6) is 0 Å². The van der Waals surface area contributed by atoms with Crippen molar-refractivity contribution in [1.82, 2.24) is 14.9 Å². The van der Waals surface area contributed by atoms with E-state index in [0.29, 0.717) is 12.4 Å². The van der Waals surface area contributed by atoms with Crippen LogP contribution >= 0.6 is 0 Å². The van der Waals surface area contributed by atoms with E-state index >= 15 is 0 Å². The number of amides is 1. The van der Waals surface area contributed by atoms with Crippen LogP contribution < -0.4 is 10.0 Å². The highest BCUT2D eigenvalue weighted by atomic mass is 32.2. The number of benzene rings is 1. The first kappa shape index (κ1) is 17.6. The zero-order chi connectivity index (χ0) is 17.9. The summed E-state index contributed by atoms with van der Waals surface area (Å²) >= 11 is 0. The summed E-state index contributed by atoms with van der Waals surface area (Å²) in [5.41, 5.74) is 1.05. The number of hydrogen-bond acceptors (Lipinski definition) is 5. The Hall–Kier alpha value is -2.23. The van der Waals surface area contributed by atoms with Crippen molar-refractivity contribution in [1.29, 1.82) is 0 Å². The number of carbonyl (C=O) groups is 1. The van der Waals surface area contributed by atoms with E-state index in [1.807, 2.05) is 6.92 Å². The normalized spacial score (nSPS) is 17.6. The summed E-state index contributed by atoms with van der Waals surface area (Å²) in [6.45, 7) is 2.70. The van der Waals surface area contributed by atoms with Gasteiger partial charge in [0.1, 0.15) is 0 Å². The van der Waals surface area contributed by atoms with Crippen molar-refractivity contribution in [2.45, 2.75) is 30.8 Å². The fraction of sp³-hybridized carbons (Fsp3) is 0.375. The van der Waals surface area contributed by atoms with Crippen LogP contribution in [0.2, 0.25) is 0 Å². The Morgan fingerprint density at radius 1 is 1.40 bits per heavy atom. The number of sulfonamides is 1. The molecule has 1 fully saturated rings. The number of rotatable bonds is 6. The predicted octanol–water partition coefficient (Wildman–Crippen LogP) is 1.43. The van der Waals surface area contributed by atoms with Crippen LogP contribution in [-0.2, 0) is 14.8 Å². The van der Waals surface area contributed by atoms with Gasteiger partial charge >= 0.3 is 0 Å². The maximum Gasteiger partial charge on any atom is 0.256 e. The molecule has 3 N–H and O–H groups in total. The third-order valence-corrected chi connectivity index (χ3v) is 5.30. The van der Waals surface area contributed by atoms with Crippen LogP contribution in [0.15, 0.2) is 35.2 Å². The fourth-order valence-electron chi connectivity index (χ4n) is 2.57. The van der Waals surface area contributed by atoms with Crippen molar-refractivity contribution in [2.24, 2.45) is 0 Å². The van der Waals surface area contributed by atoms with Gasteiger partial charge in [-0.15, -0.1) is 0 Å². The van der Waals surface area contributed by atoms with E-state index in [0.717, 1.165) is 18.5 Å². The molecule has 1 aliphatic rings. The van der Waals surface area contributed by atoms with Gasteiger partial charge in [0.05, 0.1) is 11.0 Å². The Morgan fingerprint density at radius 2 is 2.24 bits per heavy atom. The van der Waals surface area contributed by atoms with Crippen molar-refractivity contribution >= 4 is 21.7 Å². The number of ether oxygens (including phenoxy) is 1. The summed E-state index contributed by atoms with van der Waals surface area (Å²) in [6, 6.07) is 7.56. The van der Waals surface area contributed by atoms with E-state index < -0.39 is 15.9 Å². The zero-order valence-electron chi connectivity index (χ0n) is 13.8. The molecule has 0 aliphatic carbocycles. The Kier molecular flexibility index (Phi) is 5.16. The van der Waals surface area contributed by atoms with Crippen LogP contribution in [0.1, 0.15) is 28.9 Å². The molecule has 3 rings (SSSR count). The number of nitrogens with zero attached hydrogens (tertiary/aromatic N) is 1. The number of carbonyl (C=O) groups excluding carboxylic acids is 1. The molecule has 0 saturated carbocycles. The second-order valence-corrected chi connectivity index (χ2v) is 7.67. The molecule has 2 aromatic rings. The van der Waals surface area contributed by atoms with E-state index in [-0.39, 0.29) is 23.1 Å². The van der Waals surface area contributed by atoms with Gasteiger partial charge in [-0.05, 0) is 38.0 Å². The van der Waals surface area contributed by atoms with E-state index in [1.54, 1.807) is 12.1 Å². The lowest BCUT2D eigenvalue weighted by molar-refractivity contribution is 0.102. The van der Waals surface area contributed by atoms with Gasteiger partial charge in [-0.25, -0.2) is 13.1 Å². The van der Waals surface area contributed by atoms with Crippen LogP contribution in [-0.4, -0.2) is 43.8 Å². The number of H-pyrrole nitrogens is 1. The zero-order valence-corrected chi connectivity index (χ0v) is 14.6. The molecule has 2 heterocycles. The summed E-state index contributed by atoms with van der Waals surface area (Å²) < 4.78 is 32.8. The first-order valence-electron chi connectivity index (χ1n) is 7.99. The van der Waals surface area contributed by atoms with Gasteiger partial charge in [-0.2, -0.15) is 5.10 Å². The summed E-state index contributed by atoms with van der Waals surface area (Å²) in [4.78, 5) is 12.3. The molecule has 25 heavy (non-hydrogen) atoms. The molecule has 9 heteroatoms. The summed E-state index contributed by atoms with van der Waals surface area (Å²) in [5, 5.41) is 9.26. The highest BCUT2D eigenvalue weighted by Crippen LogP contribution is 2.15. The molecule has 1 atom stereocenters. The third kappa shape index (κ3) is 4.44. The van der Waals surface area contributed by atoms with E-state index in [1.165, 1.54) is 18.2 Å². The van der Waals surface area contributed by atoms with Crippen molar-refractivity contribution in [3.8, 4) is 0 Å². The minimum Gasteiger partial charge on any atom is -0.377 e. The number of nitrogens with one attached hydrogen (secondary N) is 3. The van der Waals surface area contributed by atoms with Gasteiger partial charge in [0.25, 0.3) is 5.91 Å². The summed E-state index contributed by atoms with van der Waals surface area (Å²) in [5.74, 6) is -0.0463. The second-order valence-electron chi connectivity index (χ2n) is 5.91. The SMILES string of the molecule is Cc1cc(NC(=O)c2cccc(S(=O)(=O)NCC3CCCO3)c2)n[nH]1. The molecule has 1 aromatic heterocycles. The lowest BCUT2D eigenvalue weighted by Crippen LogP contribution is -2.32. The Balaban J connectivity index is 1.70. The van der Waals surface area contributed by atoms with Gasteiger partial charge in [0, 0.05) is 30.5 Å². The first-order valence-corrected chi connectivity index (χ1v) is 9.47. The van der Waals surface area contributed by atoms with Crippen LogP contribution in [0.3, 0.4) is 0 Å². The topological polar surface area (TPSA) is 113 Å². The largest absolute Gasteiger partial charge is 0.377 e. The van der Waals surface area contributed by atoms with Gasteiger partial charge < -0.3 is 10.1 Å². The fourth-order valence-corrected chi connectivity index (χ4v) is 3.68. The minimum absolute atomic E-state index is 0.0383. The van der Waals surface area contributed by atoms with Crippen molar-refractivity contribution in [3.05, 3.63) is 41.6 Å². The Morgan fingerprint density at radius 3 is 2.92 bits per heavy atom. The average molecular weight is 364 g/mol. The Labute approximate surface area is 146 Å². The molecule has 134 valence electrons. The second kappa shape index (κ2) is 7.34. The van der Waals surface area contributed by atoms with E-state index in [9.17, 15) is 13.2 Å². The van der Waals surface area contributed by atoms with Gasteiger partial charge in [0.2, 0.25) is 10.0 Å². The highest BCUT2D eigenvalue weighted by molar-refractivity contribution is 7.89. The lowest BCUT2D eigenvalue weighted by Gasteiger charge is -2.12. The monoisotopic (exact) mass is 364 g/mol. The highest BCUT2D eigenvalue weighted by Gasteiger charge is 2.21. The molecule has 1 saturated heterocycles. The molecule has 1 aromatic carbocycles. The maximum absolute atomic E-state index is 12.4. The molecular weight excluding hydrogens is 344 g/mol. The molecule has 8 nitrogen and oxygen atoms in total. The van der Waals surface area contributed by atoms with Gasteiger partial charge in [-0.3, -0.25) is 9.89 Å². The molecule has 1 aliphatic heterocycles. The van der Waals surface area contributed by atoms with Crippen molar-refractivity contribution < 1.29 is 17.9 Å². The number of anilines is 1. The molecule has 1 unspecified atom stereocenters. The first-order chi connectivity index (χ1) is 11.9. The van der Waals surface area contributed by atoms with Crippen LogP contribution in [0.25, 0.3) is 0 Å². The van der Waals surface area contributed by atoms with Gasteiger partial charge in [-0.1, -0.05) is 6.07 Å². The summed E-state index contributed by atoms with van der Waals surface area (Å²) in [6.07, 6.45) is 1.69. The number of hydrogen-bond donors (Lipinski definition) is 3. The van der Waals surface area contributed by atoms with Crippen molar-refractivity contribution in [3.63, 3.8) is 0 Å². The predicted molar refractivity (Wildman–Crippen MR) is 91.9 cm³/mol. The molecule has 0 radical (unpaired) electrons. The molecule has 0 bridgehead atoms. The van der Waals surface area contributed by atoms with Gasteiger partial charge in [0.15, 0.2) is 5.82 Å². The molecule has 1 amide bonds. The van der Waals surface area contributed by atoms with E-state index in [2.05, 4.69) is 20.2 Å². The maximum atomic E-state index is 12.4. The average Bonchev–Trinajstić information content (AvgIpc) is 3.25. The summed E-state index contributed by atoms with van der Waals surface area (Å²) in [7, 11) is -3.70. The van der Waals surface area contributed by atoms with Crippen LogP contribution in [0, 0.1) is 6.92 Å². The molecular formula is C16H20N4O4S. The third-order valence-electron chi connectivity index (χ3n) is 3.88. The number of aromatic nitrogens is 2. The number of aromatic amines is 1. The molecule has 0 spiro atoms. The lowest BCUT2D eigenvalue weighted by atomic mass is 10.2.